The number of carbonyl (C=O) groups is 3. The van der Waals surface area contributed by atoms with E-state index in [4.69, 9.17) is 18.9 Å². The zero-order chi connectivity index (χ0) is 27.4. The van der Waals surface area contributed by atoms with E-state index in [1.54, 1.807) is 0 Å². The highest BCUT2D eigenvalue weighted by molar-refractivity contribution is 5.91. The summed E-state index contributed by atoms with van der Waals surface area (Å²) in [6, 6.07) is 9.18. The van der Waals surface area contributed by atoms with Crippen LogP contribution in [0.5, 0.6) is 11.5 Å². The van der Waals surface area contributed by atoms with Gasteiger partial charge in [-0.3, -0.25) is 0 Å². The number of hydrogen-bond acceptors (Lipinski definition) is 7. The zero-order valence-electron chi connectivity index (χ0n) is 19.8. The van der Waals surface area contributed by atoms with Gasteiger partial charge < -0.3 is 18.9 Å². The van der Waals surface area contributed by atoms with Crippen LogP contribution in [0.15, 0.2) is 60.7 Å². The van der Waals surface area contributed by atoms with Crippen molar-refractivity contribution in [2.45, 2.75) is 25.9 Å². The Morgan fingerprint density at radius 3 is 2.22 bits per heavy atom. The fourth-order valence-electron chi connectivity index (χ4n) is 2.63. The number of alkyl halides is 3. The molecule has 0 amide bonds. The predicted molar refractivity (Wildman–Crippen MR) is 124 cm³/mol. The van der Waals surface area contributed by atoms with Gasteiger partial charge in [0.25, 0.3) is 0 Å². The largest absolute Gasteiger partial charge is 0.493 e. The number of halogens is 4. The average molecular weight is 524 g/mol. The van der Waals surface area contributed by atoms with E-state index in [-0.39, 0.29) is 48.9 Å². The summed E-state index contributed by atoms with van der Waals surface area (Å²) in [6.45, 7) is 4.42. The van der Waals surface area contributed by atoms with Crippen molar-refractivity contribution in [3.8, 4) is 11.5 Å². The van der Waals surface area contributed by atoms with Gasteiger partial charge in [-0.2, -0.15) is 13.2 Å². The first-order valence-electron chi connectivity index (χ1n) is 10.9. The third kappa shape index (κ3) is 11.0. The number of rotatable bonds is 12. The molecule has 2 aromatic carbocycles. The van der Waals surface area contributed by atoms with Gasteiger partial charge in [0, 0.05) is 24.1 Å². The van der Waals surface area contributed by atoms with Gasteiger partial charge in [0.15, 0.2) is 0 Å². The number of hydrogen-bond donors (Lipinski definition) is 0. The van der Waals surface area contributed by atoms with E-state index in [0.29, 0.717) is 5.56 Å². The maximum atomic E-state index is 14.3. The molecule has 0 saturated heterocycles. The first kappa shape index (κ1) is 29.1. The highest BCUT2D eigenvalue weighted by Crippen LogP contribution is 2.23. The van der Waals surface area contributed by atoms with Gasteiger partial charge in [-0.1, -0.05) is 18.7 Å². The number of benzene rings is 2. The summed E-state index contributed by atoms with van der Waals surface area (Å²) < 4.78 is 70.6. The fourth-order valence-corrected chi connectivity index (χ4v) is 2.63. The maximum Gasteiger partial charge on any atom is 0.389 e. The van der Waals surface area contributed by atoms with Crippen LogP contribution in [0.4, 0.5) is 17.6 Å². The lowest BCUT2D eigenvalue weighted by molar-refractivity contribution is -0.146. The SMILES string of the molecule is C=C(C)C(=O)OCCOC(=O)/C=C/c1ccc(OC(=O)c2ccc(OCCCC(F)(F)F)cc2F)cc1. The van der Waals surface area contributed by atoms with Crippen LogP contribution in [-0.4, -0.2) is 43.9 Å². The summed E-state index contributed by atoms with van der Waals surface area (Å²) in [5.41, 5.74) is 0.418. The number of esters is 3. The molecule has 0 N–H and O–H groups in total. The highest BCUT2D eigenvalue weighted by atomic mass is 19.4. The minimum absolute atomic E-state index is 0.0150. The molecule has 0 aliphatic rings. The molecule has 0 atom stereocenters. The Balaban J connectivity index is 1.82. The van der Waals surface area contributed by atoms with Crippen LogP contribution in [0, 0.1) is 5.82 Å². The van der Waals surface area contributed by atoms with E-state index in [2.05, 4.69) is 6.58 Å². The van der Waals surface area contributed by atoms with E-state index in [9.17, 15) is 31.9 Å². The Morgan fingerprint density at radius 1 is 0.946 bits per heavy atom. The second kappa shape index (κ2) is 13.8. The van der Waals surface area contributed by atoms with E-state index in [1.807, 2.05) is 0 Å². The Bertz CT molecular complexity index is 1140. The van der Waals surface area contributed by atoms with Gasteiger partial charge in [-0.15, -0.1) is 0 Å². The van der Waals surface area contributed by atoms with Gasteiger partial charge in [0.1, 0.15) is 30.5 Å². The lowest BCUT2D eigenvalue weighted by atomic mass is 10.2. The standard InChI is InChI=1S/C26H24F4O7/c1-17(2)24(32)36-15-14-35-23(31)11-6-18-4-7-19(8-5-18)37-25(33)21-10-9-20(16-22(21)27)34-13-3-12-26(28,29)30/h4-11,16H,1,3,12-15H2,2H3/b11-6+. The fraction of sp³-hybridized carbons (Fsp3) is 0.269. The Kier molecular flexibility index (Phi) is 10.9. The lowest BCUT2D eigenvalue weighted by Crippen LogP contribution is -2.13. The molecule has 0 unspecified atom stereocenters. The van der Waals surface area contributed by atoms with Crippen molar-refractivity contribution in [3.63, 3.8) is 0 Å². The quantitative estimate of drug-likeness (QED) is 0.120. The molecule has 0 fully saturated rings. The molecule has 0 radical (unpaired) electrons. The predicted octanol–water partition coefficient (Wildman–Crippen LogP) is 5.44. The summed E-state index contributed by atoms with van der Waals surface area (Å²) >= 11 is 0. The Labute approximate surface area is 210 Å². The molecular formula is C26H24F4O7. The molecule has 0 aromatic heterocycles. The molecule has 11 heteroatoms. The van der Waals surface area contributed by atoms with Crippen molar-refractivity contribution in [1.29, 1.82) is 0 Å². The number of carbonyl (C=O) groups excluding carboxylic acids is 3. The van der Waals surface area contributed by atoms with Gasteiger partial charge in [-0.25, -0.2) is 18.8 Å². The van der Waals surface area contributed by atoms with E-state index < -0.39 is 36.3 Å². The molecule has 0 bridgehead atoms. The molecule has 0 aliphatic heterocycles. The first-order chi connectivity index (χ1) is 17.4. The van der Waals surface area contributed by atoms with Crippen LogP contribution >= 0.6 is 0 Å². The van der Waals surface area contributed by atoms with Gasteiger partial charge >= 0.3 is 24.1 Å². The monoisotopic (exact) mass is 524 g/mol. The van der Waals surface area contributed by atoms with Gasteiger partial charge in [0.2, 0.25) is 0 Å². The molecule has 37 heavy (non-hydrogen) atoms. The van der Waals surface area contributed by atoms with Crippen molar-refractivity contribution in [3.05, 3.63) is 77.6 Å². The molecule has 2 aromatic rings. The molecule has 7 nitrogen and oxygen atoms in total. The van der Waals surface area contributed by atoms with Crippen LogP contribution in [0.1, 0.15) is 35.7 Å². The summed E-state index contributed by atoms with van der Waals surface area (Å²) in [7, 11) is 0. The minimum atomic E-state index is -4.30. The second-order valence-electron chi connectivity index (χ2n) is 7.58. The van der Waals surface area contributed by atoms with Crippen LogP contribution in [0.25, 0.3) is 6.08 Å². The topological polar surface area (TPSA) is 88.1 Å². The van der Waals surface area contributed by atoms with Crippen molar-refractivity contribution in [2.24, 2.45) is 0 Å². The molecule has 198 valence electrons. The summed E-state index contributed by atoms with van der Waals surface area (Å²) in [6.07, 6.45) is -3.00. The van der Waals surface area contributed by atoms with Crippen LogP contribution < -0.4 is 9.47 Å². The van der Waals surface area contributed by atoms with E-state index in [1.165, 1.54) is 43.3 Å². The third-order valence-electron chi connectivity index (χ3n) is 4.45. The summed E-state index contributed by atoms with van der Waals surface area (Å²) in [5.74, 6) is -3.09. The molecule has 0 aliphatic carbocycles. The highest BCUT2D eigenvalue weighted by Gasteiger charge is 2.26. The van der Waals surface area contributed by atoms with Crippen LogP contribution in [0.3, 0.4) is 0 Å². The van der Waals surface area contributed by atoms with Gasteiger partial charge in [-0.05, 0) is 49.2 Å². The maximum absolute atomic E-state index is 14.3. The van der Waals surface area contributed by atoms with E-state index in [0.717, 1.165) is 18.2 Å². The molecule has 0 saturated carbocycles. The second-order valence-corrected chi connectivity index (χ2v) is 7.58. The first-order valence-corrected chi connectivity index (χ1v) is 10.9. The molecule has 0 heterocycles. The average Bonchev–Trinajstić information content (AvgIpc) is 2.83. The molecule has 2 rings (SSSR count). The lowest BCUT2D eigenvalue weighted by Gasteiger charge is -2.10. The summed E-state index contributed by atoms with van der Waals surface area (Å²) in [5, 5.41) is 0. The Morgan fingerprint density at radius 2 is 1.59 bits per heavy atom. The summed E-state index contributed by atoms with van der Waals surface area (Å²) in [4.78, 5) is 35.2. The van der Waals surface area contributed by atoms with Crippen molar-refractivity contribution < 1.29 is 50.9 Å². The van der Waals surface area contributed by atoms with Crippen molar-refractivity contribution in [1.82, 2.24) is 0 Å². The minimum Gasteiger partial charge on any atom is -0.493 e. The van der Waals surface area contributed by atoms with Crippen molar-refractivity contribution >= 4 is 24.0 Å². The van der Waals surface area contributed by atoms with Crippen LogP contribution in [-0.2, 0) is 19.1 Å². The van der Waals surface area contributed by atoms with Gasteiger partial charge in [0.05, 0.1) is 12.2 Å². The number of ether oxygens (including phenoxy) is 4. The smallest absolute Gasteiger partial charge is 0.389 e. The Hall–Kier alpha value is -4.15. The molecule has 0 spiro atoms. The van der Waals surface area contributed by atoms with Crippen molar-refractivity contribution in [2.75, 3.05) is 19.8 Å². The molecular weight excluding hydrogens is 500 g/mol. The van der Waals surface area contributed by atoms with Crippen LogP contribution in [0.2, 0.25) is 0 Å². The zero-order valence-corrected chi connectivity index (χ0v) is 19.8. The normalized spacial score (nSPS) is 11.2. The third-order valence-corrected chi connectivity index (χ3v) is 4.45. The van der Waals surface area contributed by atoms with E-state index >= 15 is 0 Å².